The summed E-state index contributed by atoms with van der Waals surface area (Å²) in [5, 5.41) is 13.3. The number of thiazole rings is 1. The Morgan fingerprint density at radius 3 is 2.60 bits per heavy atom. The molecule has 0 saturated heterocycles. The molecule has 9 heteroatoms. The molecule has 5 aromatic rings. The molecule has 2 amide bonds. The number of aromatic carboxylic acids is 1. The third kappa shape index (κ3) is 5.19. The molecule has 1 aliphatic rings. The van der Waals surface area contributed by atoms with Gasteiger partial charge >= 0.3 is 12.0 Å². The van der Waals surface area contributed by atoms with Crippen LogP contribution in [0.4, 0.5) is 20.0 Å². The highest BCUT2D eigenvalue weighted by Crippen LogP contribution is 2.33. The van der Waals surface area contributed by atoms with Gasteiger partial charge < -0.3 is 5.11 Å². The van der Waals surface area contributed by atoms with E-state index in [1.165, 1.54) is 23.5 Å². The molecule has 2 N–H and O–H groups in total. The molecule has 6 rings (SSSR count). The van der Waals surface area contributed by atoms with Crippen LogP contribution < -0.4 is 10.2 Å². The molecule has 1 aliphatic heterocycles. The van der Waals surface area contributed by atoms with Gasteiger partial charge in [-0.2, -0.15) is 0 Å². The van der Waals surface area contributed by atoms with Gasteiger partial charge in [0.1, 0.15) is 5.82 Å². The van der Waals surface area contributed by atoms with Crippen molar-refractivity contribution in [2.45, 2.75) is 12.8 Å². The Labute approximate surface area is 233 Å². The second-order valence-electron chi connectivity index (χ2n) is 9.34. The molecule has 3 aromatic carbocycles. The summed E-state index contributed by atoms with van der Waals surface area (Å²) in [6.45, 7) is 0.550. The Bertz CT molecular complexity index is 1750. The Morgan fingerprint density at radius 1 is 0.975 bits per heavy atom. The average Bonchev–Trinajstić information content (AvgIpc) is 3.38. The highest BCUT2D eigenvalue weighted by atomic mass is 32.1. The van der Waals surface area contributed by atoms with Crippen molar-refractivity contribution < 1.29 is 19.1 Å². The topological polar surface area (TPSA) is 95.4 Å². The number of carboxylic acid groups (broad SMARTS) is 1. The Hall–Kier alpha value is -4.89. The number of rotatable bonds is 5. The van der Waals surface area contributed by atoms with Gasteiger partial charge in [-0.1, -0.05) is 66.0 Å². The van der Waals surface area contributed by atoms with Gasteiger partial charge in [-0.05, 0) is 60.4 Å². The molecule has 40 heavy (non-hydrogen) atoms. The van der Waals surface area contributed by atoms with Gasteiger partial charge in [0, 0.05) is 23.4 Å². The minimum absolute atomic E-state index is 0.0981. The van der Waals surface area contributed by atoms with Crippen LogP contribution in [-0.2, 0) is 6.42 Å². The zero-order valence-electron chi connectivity index (χ0n) is 21.2. The van der Waals surface area contributed by atoms with E-state index in [0.29, 0.717) is 28.5 Å². The van der Waals surface area contributed by atoms with Gasteiger partial charge in [0.2, 0.25) is 0 Å². The number of benzene rings is 3. The summed E-state index contributed by atoms with van der Waals surface area (Å²) >= 11 is 1.42. The monoisotopic (exact) mass is 550 g/mol. The van der Waals surface area contributed by atoms with E-state index < -0.39 is 5.97 Å². The molecule has 198 valence electrons. The SMILES string of the molecule is O=C(O)c1nc(-c2ccc3c(c2)N(C(=O)Nc2nc4ccccc4s2)CCC3)ccc1C=Cc1ccc(F)cc1. The molecule has 0 atom stereocenters. The molecular weight excluding hydrogens is 527 g/mol. The molecule has 2 aromatic heterocycles. The number of anilines is 2. The number of carbonyl (C=O) groups is 2. The molecule has 0 bridgehead atoms. The van der Waals surface area contributed by atoms with Crippen molar-refractivity contribution in [3.63, 3.8) is 0 Å². The number of fused-ring (bicyclic) bond motifs is 2. The maximum atomic E-state index is 13.3. The van der Waals surface area contributed by atoms with Crippen LogP contribution in [0.15, 0.2) is 78.9 Å². The van der Waals surface area contributed by atoms with E-state index in [0.717, 1.165) is 39.9 Å². The van der Waals surface area contributed by atoms with Gasteiger partial charge in [-0.25, -0.2) is 23.9 Å². The van der Waals surface area contributed by atoms with E-state index in [4.69, 9.17) is 0 Å². The number of hydrogen-bond donors (Lipinski definition) is 2. The Morgan fingerprint density at radius 2 is 1.80 bits per heavy atom. The molecular formula is C31H23FN4O3S. The normalized spacial score (nSPS) is 13.0. The van der Waals surface area contributed by atoms with Crippen LogP contribution in [0, 0.1) is 5.82 Å². The Kier molecular flexibility index (Phi) is 6.79. The van der Waals surface area contributed by atoms with Crippen LogP contribution in [0.1, 0.15) is 33.6 Å². The fourth-order valence-electron chi connectivity index (χ4n) is 4.73. The van der Waals surface area contributed by atoms with E-state index in [9.17, 15) is 19.1 Å². The van der Waals surface area contributed by atoms with Gasteiger partial charge in [0.15, 0.2) is 10.8 Å². The van der Waals surface area contributed by atoms with Crippen LogP contribution >= 0.6 is 11.3 Å². The number of aryl methyl sites for hydroxylation is 1. The number of para-hydroxylation sites is 1. The number of carbonyl (C=O) groups excluding carboxylic acids is 1. The minimum Gasteiger partial charge on any atom is -0.476 e. The number of nitrogens with zero attached hydrogens (tertiary/aromatic N) is 3. The summed E-state index contributed by atoms with van der Waals surface area (Å²) in [5.74, 6) is -1.50. The summed E-state index contributed by atoms with van der Waals surface area (Å²) in [4.78, 5) is 36.0. The molecule has 0 fully saturated rings. The van der Waals surface area contributed by atoms with E-state index in [-0.39, 0.29) is 17.5 Å². The third-order valence-electron chi connectivity index (χ3n) is 6.71. The average molecular weight is 551 g/mol. The first-order valence-corrected chi connectivity index (χ1v) is 13.5. The lowest BCUT2D eigenvalue weighted by Gasteiger charge is -2.29. The number of carboxylic acids is 1. The quantitative estimate of drug-likeness (QED) is 0.239. The molecule has 3 heterocycles. The number of halogens is 1. The van der Waals surface area contributed by atoms with Crippen LogP contribution in [0.2, 0.25) is 0 Å². The van der Waals surface area contributed by atoms with Crippen LogP contribution in [0.5, 0.6) is 0 Å². The number of pyridine rings is 1. The second-order valence-corrected chi connectivity index (χ2v) is 10.4. The zero-order chi connectivity index (χ0) is 27.6. The lowest BCUT2D eigenvalue weighted by molar-refractivity contribution is 0.0690. The summed E-state index contributed by atoms with van der Waals surface area (Å²) in [7, 11) is 0. The summed E-state index contributed by atoms with van der Waals surface area (Å²) in [6.07, 6.45) is 5.02. The van der Waals surface area contributed by atoms with Crippen molar-refractivity contribution in [1.29, 1.82) is 0 Å². The number of hydrogen-bond acceptors (Lipinski definition) is 5. The number of aromatic nitrogens is 2. The lowest BCUT2D eigenvalue weighted by atomic mass is 9.98. The van der Waals surface area contributed by atoms with Crippen molar-refractivity contribution in [2.24, 2.45) is 0 Å². The molecule has 0 saturated carbocycles. The van der Waals surface area contributed by atoms with Crippen molar-refractivity contribution >= 4 is 56.5 Å². The fourth-order valence-corrected chi connectivity index (χ4v) is 5.58. The molecule has 0 aliphatic carbocycles. The molecule has 7 nitrogen and oxygen atoms in total. The predicted molar refractivity (Wildman–Crippen MR) is 156 cm³/mol. The fraction of sp³-hybridized carbons (Fsp3) is 0.0968. The molecule has 0 spiro atoms. The van der Waals surface area contributed by atoms with Gasteiger partial charge in [-0.15, -0.1) is 0 Å². The summed E-state index contributed by atoms with van der Waals surface area (Å²) in [5.41, 5.74) is 4.88. The predicted octanol–water partition coefficient (Wildman–Crippen LogP) is 7.35. The first kappa shape index (κ1) is 25.4. The standard InChI is InChI=1S/C31H23FN4O3S/c32-23-14-8-19(9-15-23)7-10-21-13-16-24(33-28(21)29(37)38)22-12-11-20-4-3-17-36(26(20)18-22)31(39)35-30-34-25-5-1-2-6-27(25)40-30/h1-2,5-16,18H,3-4,17H2,(H,37,38)(H,34,35,39). The number of nitrogens with one attached hydrogen (secondary N) is 1. The highest BCUT2D eigenvalue weighted by Gasteiger charge is 2.24. The Balaban J connectivity index is 1.28. The van der Waals surface area contributed by atoms with Crippen LogP contribution in [0.25, 0.3) is 33.6 Å². The third-order valence-corrected chi connectivity index (χ3v) is 7.66. The van der Waals surface area contributed by atoms with Crippen molar-refractivity contribution in [3.05, 3.63) is 107 Å². The highest BCUT2D eigenvalue weighted by molar-refractivity contribution is 7.22. The van der Waals surface area contributed by atoms with Gasteiger partial charge in [0.05, 0.1) is 15.9 Å². The summed E-state index contributed by atoms with van der Waals surface area (Å²) < 4.78 is 14.2. The zero-order valence-corrected chi connectivity index (χ0v) is 22.0. The smallest absolute Gasteiger partial charge is 0.355 e. The maximum Gasteiger partial charge on any atom is 0.355 e. The van der Waals surface area contributed by atoms with Crippen molar-refractivity contribution in [1.82, 2.24) is 9.97 Å². The van der Waals surface area contributed by atoms with E-state index >= 15 is 0 Å². The second kappa shape index (κ2) is 10.7. The maximum absolute atomic E-state index is 13.3. The van der Waals surface area contributed by atoms with Crippen molar-refractivity contribution in [2.75, 3.05) is 16.8 Å². The van der Waals surface area contributed by atoms with E-state index in [2.05, 4.69) is 15.3 Å². The first-order valence-electron chi connectivity index (χ1n) is 12.7. The van der Waals surface area contributed by atoms with E-state index in [1.54, 1.807) is 41.3 Å². The van der Waals surface area contributed by atoms with Gasteiger partial charge in [-0.3, -0.25) is 10.2 Å². The lowest BCUT2D eigenvalue weighted by Crippen LogP contribution is -2.38. The van der Waals surface area contributed by atoms with Crippen LogP contribution in [0.3, 0.4) is 0 Å². The van der Waals surface area contributed by atoms with E-state index in [1.807, 2.05) is 42.5 Å². The number of urea groups is 1. The largest absolute Gasteiger partial charge is 0.476 e. The summed E-state index contributed by atoms with van der Waals surface area (Å²) in [6, 6.07) is 22.6. The first-order chi connectivity index (χ1) is 19.4. The number of amides is 2. The van der Waals surface area contributed by atoms with Gasteiger partial charge in [0.25, 0.3) is 0 Å². The van der Waals surface area contributed by atoms with Crippen molar-refractivity contribution in [3.8, 4) is 11.3 Å². The molecule has 0 radical (unpaired) electrons. The minimum atomic E-state index is -1.16. The molecule has 0 unspecified atom stereocenters. The van der Waals surface area contributed by atoms with Crippen LogP contribution in [-0.4, -0.2) is 33.6 Å².